The fourth-order valence-electron chi connectivity index (χ4n) is 4.75. The average molecular weight is 485 g/mol. The lowest BCUT2D eigenvalue weighted by molar-refractivity contribution is -0.133. The number of aromatic nitrogens is 5. The number of fused-ring (bicyclic) bond motifs is 3. The van der Waals surface area contributed by atoms with Crippen LogP contribution in [-0.4, -0.2) is 84.5 Å². The number of rotatable bonds is 6. The third-order valence-corrected chi connectivity index (χ3v) is 7.69. The molecule has 2 aliphatic heterocycles. The van der Waals surface area contributed by atoms with Crippen LogP contribution in [0, 0.1) is 5.92 Å². The first-order chi connectivity index (χ1) is 16.5. The number of hydrogen-bond donors (Lipinski definition) is 1. The SMILES string of the molecule is Cn1c(=O)n(CCN2CCN(C(=O)CC3CC3)CC2)c2nc3c(n21)C(c1nccs1)=NCN3N. The molecule has 3 aromatic rings. The van der Waals surface area contributed by atoms with Crippen molar-refractivity contribution >= 4 is 34.6 Å². The van der Waals surface area contributed by atoms with E-state index in [1.807, 2.05) is 10.3 Å². The van der Waals surface area contributed by atoms with Gasteiger partial charge in [0.25, 0.3) is 0 Å². The van der Waals surface area contributed by atoms with Crippen LogP contribution in [0.5, 0.6) is 0 Å². The van der Waals surface area contributed by atoms with Crippen molar-refractivity contribution in [3.05, 3.63) is 32.8 Å². The predicted molar refractivity (Wildman–Crippen MR) is 128 cm³/mol. The van der Waals surface area contributed by atoms with Gasteiger partial charge >= 0.3 is 5.69 Å². The largest absolute Gasteiger partial charge is 0.345 e. The number of thiazole rings is 1. The van der Waals surface area contributed by atoms with Gasteiger partial charge in [-0.15, -0.1) is 11.3 Å². The minimum absolute atomic E-state index is 0.142. The van der Waals surface area contributed by atoms with Gasteiger partial charge in [0.15, 0.2) is 5.82 Å². The van der Waals surface area contributed by atoms with Crippen molar-refractivity contribution in [1.82, 2.24) is 33.5 Å². The minimum atomic E-state index is -0.142. The number of aliphatic imine (C=N–C) groups is 1. The molecule has 1 saturated carbocycles. The van der Waals surface area contributed by atoms with E-state index in [1.54, 1.807) is 27.0 Å². The predicted octanol–water partition coefficient (Wildman–Crippen LogP) is -0.276. The van der Waals surface area contributed by atoms with Crippen LogP contribution in [0.4, 0.5) is 5.82 Å². The van der Waals surface area contributed by atoms with Gasteiger partial charge < -0.3 is 4.90 Å². The molecule has 2 N–H and O–H groups in total. The van der Waals surface area contributed by atoms with Gasteiger partial charge in [0, 0.05) is 64.3 Å². The Labute approximate surface area is 199 Å². The summed E-state index contributed by atoms with van der Waals surface area (Å²) in [4.78, 5) is 43.5. The zero-order chi connectivity index (χ0) is 23.4. The van der Waals surface area contributed by atoms with Crippen molar-refractivity contribution in [2.24, 2.45) is 23.8 Å². The van der Waals surface area contributed by atoms with Crippen molar-refractivity contribution < 1.29 is 4.79 Å². The van der Waals surface area contributed by atoms with Crippen molar-refractivity contribution in [3.63, 3.8) is 0 Å². The van der Waals surface area contributed by atoms with E-state index >= 15 is 0 Å². The van der Waals surface area contributed by atoms with E-state index in [1.165, 1.54) is 29.2 Å². The highest BCUT2D eigenvalue weighted by molar-refractivity contribution is 7.11. The van der Waals surface area contributed by atoms with Crippen LogP contribution >= 0.6 is 11.3 Å². The molecular weight excluding hydrogens is 456 g/mol. The molecule has 0 unspecified atom stereocenters. The summed E-state index contributed by atoms with van der Waals surface area (Å²) < 4.78 is 5.03. The molecule has 6 rings (SSSR count). The molecule has 3 aromatic heterocycles. The Morgan fingerprint density at radius 3 is 2.71 bits per heavy atom. The molecule has 0 atom stereocenters. The molecule has 1 amide bonds. The second-order valence-electron chi connectivity index (χ2n) is 9.18. The Balaban J connectivity index is 1.22. The lowest BCUT2D eigenvalue weighted by Gasteiger charge is -2.34. The van der Waals surface area contributed by atoms with Crippen LogP contribution in [-0.2, 0) is 18.4 Å². The minimum Gasteiger partial charge on any atom is -0.340 e. The van der Waals surface area contributed by atoms with Crippen molar-refractivity contribution in [3.8, 4) is 0 Å². The third-order valence-electron chi connectivity index (χ3n) is 6.91. The van der Waals surface area contributed by atoms with Gasteiger partial charge in [-0.2, -0.15) is 4.98 Å². The molecule has 34 heavy (non-hydrogen) atoms. The fraction of sp³-hybridized carbons (Fsp3) is 0.571. The van der Waals surface area contributed by atoms with Crippen LogP contribution < -0.4 is 16.5 Å². The quantitative estimate of drug-likeness (QED) is 0.478. The summed E-state index contributed by atoms with van der Waals surface area (Å²) in [6.07, 6.45) is 4.83. The standard InChI is InChI=1S/C21H28N10O2S/c1-26-21(33)29(10-7-27-5-8-28(9-6-27)15(32)12-14-2-3-14)20-25-18-17(31(20)26)16(24-13-30(18)22)19-23-4-11-34-19/h4,11,14H,2-3,5-10,12-13,22H2,1H3. The zero-order valence-corrected chi connectivity index (χ0v) is 19.9. The molecule has 12 nitrogen and oxygen atoms in total. The molecule has 13 heteroatoms. The Morgan fingerprint density at radius 2 is 2.00 bits per heavy atom. The summed E-state index contributed by atoms with van der Waals surface area (Å²) >= 11 is 1.49. The summed E-state index contributed by atoms with van der Waals surface area (Å²) in [5.41, 5.74) is 1.23. The molecule has 0 spiro atoms. The van der Waals surface area contributed by atoms with Crippen LogP contribution in [0.15, 0.2) is 21.4 Å². The molecule has 5 heterocycles. The van der Waals surface area contributed by atoms with Crippen LogP contribution in [0.3, 0.4) is 0 Å². The first kappa shape index (κ1) is 21.5. The van der Waals surface area contributed by atoms with Gasteiger partial charge in [-0.25, -0.2) is 24.8 Å². The van der Waals surface area contributed by atoms with Gasteiger partial charge in [0.2, 0.25) is 11.7 Å². The van der Waals surface area contributed by atoms with Crippen molar-refractivity contribution in [1.29, 1.82) is 0 Å². The van der Waals surface area contributed by atoms with E-state index in [2.05, 4.69) is 14.9 Å². The molecular formula is C21H28N10O2S. The third kappa shape index (κ3) is 3.63. The van der Waals surface area contributed by atoms with Gasteiger partial charge in [0.1, 0.15) is 23.1 Å². The average Bonchev–Trinajstić information content (AvgIpc) is 3.25. The first-order valence-corrected chi connectivity index (χ1v) is 12.5. The van der Waals surface area contributed by atoms with E-state index < -0.39 is 0 Å². The van der Waals surface area contributed by atoms with E-state index in [-0.39, 0.29) is 18.3 Å². The Hall–Kier alpha value is -3.03. The lowest BCUT2D eigenvalue weighted by atomic mass is 10.2. The summed E-state index contributed by atoms with van der Waals surface area (Å²) in [5.74, 6) is 8.21. The fourth-order valence-corrected chi connectivity index (χ4v) is 5.40. The van der Waals surface area contributed by atoms with Crippen LogP contribution in [0.25, 0.3) is 5.78 Å². The molecule has 3 aliphatic rings. The summed E-state index contributed by atoms with van der Waals surface area (Å²) in [7, 11) is 1.73. The number of piperazine rings is 1. The van der Waals surface area contributed by atoms with Gasteiger partial charge in [-0.05, 0) is 18.8 Å². The number of aryl methyl sites for hydroxylation is 1. The molecule has 180 valence electrons. The molecule has 1 aliphatic carbocycles. The highest BCUT2D eigenvalue weighted by atomic mass is 32.1. The topological polar surface area (TPSA) is 122 Å². The van der Waals surface area contributed by atoms with Gasteiger partial charge in [0.05, 0.1) is 0 Å². The normalized spacial score (nSPS) is 19.1. The molecule has 0 radical (unpaired) electrons. The maximum atomic E-state index is 13.1. The number of imidazole rings is 1. The van der Waals surface area contributed by atoms with Crippen LogP contribution in [0.2, 0.25) is 0 Å². The number of nitrogens with zero attached hydrogens (tertiary/aromatic N) is 9. The number of hydrazine groups is 1. The summed E-state index contributed by atoms with van der Waals surface area (Å²) in [6.45, 7) is 4.62. The van der Waals surface area contributed by atoms with E-state index in [0.717, 1.165) is 31.2 Å². The zero-order valence-electron chi connectivity index (χ0n) is 19.1. The Kier molecular flexibility index (Phi) is 5.26. The number of carbonyl (C=O) groups excluding carboxylic acids is 1. The van der Waals surface area contributed by atoms with E-state index in [4.69, 9.17) is 10.8 Å². The summed E-state index contributed by atoms with van der Waals surface area (Å²) in [5, 5.41) is 4.16. The maximum Gasteiger partial charge on any atom is 0.345 e. The second kappa shape index (κ2) is 8.32. The van der Waals surface area contributed by atoms with Crippen molar-refractivity contribution in [2.75, 3.05) is 44.4 Å². The number of anilines is 1. The summed E-state index contributed by atoms with van der Waals surface area (Å²) in [6, 6.07) is 0. The molecule has 2 fully saturated rings. The first-order valence-electron chi connectivity index (χ1n) is 11.7. The second-order valence-corrected chi connectivity index (χ2v) is 10.1. The Morgan fingerprint density at radius 1 is 1.21 bits per heavy atom. The highest BCUT2D eigenvalue weighted by Crippen LogP contribution is 2.33. The Bertz CT molecular complexity index is 1310. The number of hydrogen-bond acceptors (Lipinski definition) is 9. The van der Waals surface area contributed by atoms with E-state index in [0.29, 0.717) is 48.4 Å². The smallest absolute Gasteiger partial charge is 0.340 e. The number of amides is 1. The monoisotopic (exact) mass is 484 g/mol. The number of carbonyl (C=O) groups is 1. The molecule has 1 saturated heterocycles. The van der Waals surface area contributed by atoms with E-state index in [9.17, 15) is 9.59 Å². The molecule has 0 aromatic carbocycles. The van der Waals surface area contributed by atoms with Gasteiger partial charge in [-0.3, -0.25) is 24.3 Å². The lowest BCUT2D eigenvalue weighted by Crippen LogP contribution is -2.49. The van der Waals surface area contributed by atoms with Crippen LogP contribution in [0.1, 0.15) is 30.0 Å². The maximum absolute atomic E-state index is 13.1. The number of nitrogens with two attached hydrogens (primary N) is 1. The van der Waals surface area contributed by atoms with Crippen molar-refractivity contribution in [2.45, 2.75) is 25.8 Å². The highest BCUT2D eigenvalue weighted by Gasteiger charge is 2.32. The van der Waals surface area contributed by atoms with Gasteiger partial charge in [-0.1, -0.05) is 0 Å². The molecule has 0 bridgehead atoms.